The van der Waals surface area contributed by atoms with Crippen LogP contribution in [0.15, 0.2) is 88.1 Å². The highest BCUT2D eigenvalue weighted by atomic mass is 32.2. The summed E-state index contributed by atoms with van der Waals surface area (Å²) in [5, 5.41) is 11.4. The van der Waals surface area contributed by atoms with Crippen molar-refractivity contribution in [2.45, 2.75) is 31.6 Å². The first kappa shape index (κ1) is 23.3. The van der Waals surface area contributed by atoms with E-state index in [2.05, 4.69) is 18.4 Å². The average Bonchev–Trinajstić information content (AvgIpc) is 3.44. The number of benzene rings is 2. The van der Waals surface area contributed by atoms with E-state index in [9.17, 15) is 18.1 Å². The van der Waals surface area contributed by atoms with Crippen molar-refractivity contribution in [3.05, 3.63) is 94.6 Å². The third-order valence-corrected chi connectivity index (χ3v) is 9.14. The second-order valence-electron chi connectivity index (χ2n) is 9.23. The van der Waals surface area contributed by atoms with Gasteiger partial charge in [0.15, 0.2) is 0 Å². The Bertz CT molecular complexity index is 1400. The minimum atomic E-state index is -3.80. The van der Waals surface area contributed by atoms with Crippen LogP contribution >= 0.6 is 0 Å². The lowest BCUT2D eigenvalue weighted by Crippen LogP contribution is -2.37. The van der Waals surface area contributed by atoms with Crippen molar-refractivity contribution in [2.24, 2.45) is 11.8 Å². The highest BCUT2D eigenvalue weighted by molar-refractivity contribution is 7.89. The normalized spacial score (nSPS) is 21.3. The molecule has 2 aromatic carbocycles. The molecule has 0 unspecified atom stereocenters. The van der Waals surface area contributed by atoms with E-state index in [1.54, 1.807) is 37.3 Å². The molecule has 0 saturated heterocycles. The second-order valence-corrected chi connectivity index (χ2v) is 11.1. The first-order chi connectivity index (χ1) is 16.8. The molecule has 0 saturated carbocycles. The summed E-state index contributed by atoms with van der Waals surface area (Å²) >= 11 is 0. The Morgan fingerprint density at radius 2 is 1.94 bits per heavy atom. The van der Waals surface area contributed by atoms with E-state index in [0.717, 1.165) is 29.8 Å². The Balaban J connectivity index is 1.45. The Labute approximate surface area is 205 Å². The van der Waals surface area contributed by atoms with Crippen molar-refractivity contribution in [3.63, 3.8) is 0 Å². The fourth-order valence-electron chi connectivity index (χ4n) is 5.46. The molecule has 0 fully saturated rings. The number of hydrogen-bond donors (Lipinski definition) is 1. The minimum absolute atomic E-state index is 0.0331. The van der Waals surface area contributed by atoms with Crippen molar-refractivity contribution >= 4 is 15.7 Å². The van der Waals surface area contributed by atoms with Crippen LogP contribution < -0.4 is 10.4 Å². The molecule has 0 aromatic heterocycles. The van der Waals surface area contributed by atoms with Crippen LogP contribution in [0.5, 0.6) is 0 Å². The van der Waals surface area contributed by atoms with Crippen LogP contribution in [0, 0.1) is 35.9 Å². The third-order valence-electron chi connectivity index (χ3n) is 7.17. The number of nitriles is 1. The molecule has 8 heteroatoms. The van der Waals surface area contributed by atoms with Gasteiger partial charge >= 0.3 is 0 Å². The number of hydrazine groups is 1. The van der Waals surface area contributed by atoms with Gasteiger partial charge in [-0.1, -0.05) is 30.7 Å². The molecule has 0 radical (unpaired) electrons. The highest BCUT2D eigenvalue weighted by Crippen LogP contribution is 2.48. The van der Waals surface area contributed by atoms with E-state index in [0.29, 0.717) is 5.56 Å². The molecule has 1 aliphatic heterocycles. The number of aryl methyl sites for hydroxylation is 1. The molecule has 35 heavy (non-hydrogen) atoms. The molecule has 2 atom stereocenters. The van der Waals surface area contributed by atoms with Crippen molar-refractivity contribution in [1.82, 2.24) is 9.73 Å². The van der Waals surface area contributed by atoms with E-state index in [1.807, 2.05) is 23.3 Å². The van der Waals surface area contributed by atoms with Gasteiger partial charge in [0, 0.05) is 24.2 Å². The van der Waals surface area contributed by atoms with Crippen molar-refractivity contribution < 1.29 is 12.8 Å². The summed E-state index contributed by atoms with van der Waals surface area (Å²) in [7, 11) is -3.80. The molecule has 2 aromatic rings. The summed E-state index contributed by atoms with van der Waals surface area (Å²) in [6.07, 6.45) is 5.82. The maximum absolute atomic E-state index is 13.5. The van der Waals surface area contributed by atoms with Crippen LogP contribution in [0.2, 0.25) is 0 Å². The molecule has 5 rings (SSSR count). The molecular weight excluding hydrogens is 463 g/mol. The summed E-state index contributed by atoms with van der Waals surface area (Å²) in [5.41, 5.74) is 9.41. The fourth-order valence-corrected chi connectivity index (χ4v) is 7.07. The first-order valence-electron chi connectivity index (χ1n) is 11.7. The van der Waals surface area contributed by atoms with Crippen molar-refractivity contribution in [2.75, 3.05) is 18.1 Å². The average molecular weight is 491 g/mol. The quantitative estimate of drug-likeness (QED) is 0.589. The van der Waals surface area contributed by atoms with E-state index < -0.39 is 10.0 Å². The zero-order valence-corrected chi connectivity index (χ0v) is 20.5. The number of nitrogens with zero attached hydrogens (tertiary/aromatic N) is 3. The second kappa shape index (κ2) is 8.99. The Kier molecular flexibility index (Phi) is 5.99. The molecule has 0 spiro atoms. The van der Waals surface area contributed by atoms with E-state index in [1.165, 1.54) is 27.6 Å². The molecule has 180 valence electrons. The smallest absolute Gasteiger partial charge is 0.244 e. The molecule has 1 heterocycles. The molecule has 6 nitrogen and oxygen atoms in total. The van der Waals surface area contributed by atoms with Crippen LogP contribution in [0.4, 0.5) is 10.1 Å². The third kappa shape index (κ3) is 4.05. The zero-order chi connectivity index (χ0) is 24.7. The minimum Gasteiger partial charge on any atom is -0.301 e. The first-order valence-corrected chi connectivity index (χ1v) is 13.1. The van der Waals surface area contributed by atoms with Gasteiger partial charge in [-0.2, -0.15) is 9.57 Å². The van der Waals surface area contributed by atoms with Crippen LogP contribution in [0.3, 0.4) is 0 Å². The van der Waals surface area contributed by atoms with Crippen molar-refractivity contribution in [3.8, 4) is 6.07 Å². The SMILES string of the molecule is Cc1ccccc1S(=O)(=O)N(CC#N)C[C@H]1CCC2=C1[C@@H](C)C1=CNN(c3ccc(F)cc3)C1=C2. The summed E-state index contributed by atoms with van der Waals surface area (Å²) in [5.74, 6) is -0.149. The topological polar surface area (TPSA) is 76.4 Å². The number of fused-ring (bicyclic) bond motifs is 1. The molecule has 3 aliphatic rings. The Hall–Kier alpha value is -3.41. The molecule has 0 bridgehead atoms. The summed E-state index contributed by atoms with van der Waals surface area (Å²) in [6, 6.07) is 15.3. The lowest BCUT2D eigenvalue weighted by atomic mass is 9.80. The van der Waals surface area contributed by atoms with Gasteiger partial charge in [-0.3, -0.25) is 5.01 Å². The molecular formula is C27H27FN4O2S. The lowest BCUT2D eigenvalue weighted by molar-refractivity contribution is 0.380. The van der Waals surface area contributed by atoms with Crippen LogP contribution in [0.1, 0.15) is 25.3 Å². The maximum atomic E-state index is 13.5. The van der Waals surface area contributed by atoms with Gasteiger partial charge in [0.05, 0.1) is 22.3 Å². The number of allylic oxidation sites excluding steroid dienone is 3. The van der Waals surface area contributed by atoms with Gasteiger partial charge in [0.2, 0.25) is 10.0 Å². The van der Waals surface area contributed by atoms with Crippen LogP contribution in [0.25, 0.3) is 0 Å². The number of sulfonamides is 1. The maximum Gasteiger partial charge on any atom is 0.244 e. The van der Waals surface area contributed by atoms with Crippen LogP contribution in [-0.2, 0) is 10.0 Å². The van der Waals surface area contributed by atoms with Crippen molar-refractivity contribution in [1.29, 1.82) is 5.26 Å². The van der Waals surface area contributed by atoms with Gasteiger partial charge in [-0.25, -0.2) is 12.8 Å². The summed E-state index contributed by atoms with van der Waals surface area (Å²) < 4.78 is 41.7. The highest BCUT2D eigenvalue weighted by Gasteiger charge is 2.40. The number of hydrogen-bond acceptors (Lipinski definition) is 5. The van der Waals surface area contributed by atoms with Gasteiger partial charge < -0.3 is 5.43 Å². The number of halogens is 1. The Morgan fingerprint density at radius 3 is 2.66 bits per heavy atom. The standard InChI is InChI=1S/C27H27FN4O2S/c1-18-5-3-4-6-26(18)35(33,34)31(14-13-29)17-21-8-7-20-15-25-24(19(2)27(20)21)16-30-32(25)23-11-9-22(28)10-12-23/h3-6,9-12,15-16,19,21,30H,7-8,14,17H2,1-2H3/t19-,21+/m0/s1. The fraction of sp³-hybridized carbons (Fsp3) is 0.296. The number of anilines is 1. The summed E-state index contributed by atoms with van der Waals surface area (Å²) in [6.45, 7) is 4.01. The molecule has 1 N–H and O–H groups in total. The molecule has 0 amide bonds. The van der Waals surface area contributed by atoms with E-state index in [-0.39, 0.29) is 35.6 Å². The van der Waals surface area contributed by atoms with Gasteiger partial charge in [-0.05, 0) is 73.2 Å². The van der Waals surface area contributed by atoms with Gasteiger partial charge in [0.1, 0.15) is 12.4 Å². The largest absolute Gasteiger partial charge is 0.301 e. The Morgan fingerprint density at radius 1 is 1.20 bits per heavy atom. The summed E-state index contributed by atoms with van der Waals surface area (Å²) in [4.78, 5) is 0.249. The van der Waals surface area contributed by atoms with E-state index >= 15 is 0 Å². The number of nitrogens with one attached hydrogen (secondary N) is 1. The zero-order valence-electron chi connectivity index (χ0n) is 19.7. The van der Waals surface area contributed by atoms with Gasteiger partial charge in [-0.15, -0.1) is 0 Å². The van der Waals surface area contributed by atoms with Gasteiger partial charge in [0.25, 0.3) is 0 Å². The van der Waals surface area contributed by atoms with E-state index in [4.69, 9.17) is 0 Å². The molecule has 2 aliphatic carbocycles. The predicted octanol–water partition coefficient (Wildman–Crippen LogP) is 4.80. The predicted molar refractivity (Wildman–Crippen MR) is 133 cm³/mol. The lowest BCUT2D eigenvalue weighted by Gasteiger charge is -2.31. The monoisotopic (exact) mass is 490 g/mol. The van der Waals surface area contributed by atoms with Crippen LogP contribution in [-0.4, -0.2) is 25.8 Å². The number of rotatable bonds is 6.